The predicted octanol–water partition coefficient (Wildman–Crippen LogP) is -0.342. The Labute approximate surface area is 129 Å². The average molecular weight is 307 g/mol. The molecule has 1 aromatic heterocycles. The lowest BCUT2D eigenvalue weighted by Crippen LogP contribution is -2.39. The van der Waals surface area contributed by atoms with Crippen LogP contribution in [0.15, 0.2) is 12.1 Å². The summed E-state index contributed by atoms with van der Waals surface area (Å²) in [6.07, 6.45) is 0.643. The van der Waals surface area contributed by atoms with Crippen molar-refractivity contribution in [2.75, 3.05) is 38.6 Å². The second kappa shape index (κ2) is 7.06. The van der Waals surface area contributed by atoms with Gasteiger partial charge in [-0.3, -0.25) is 9.59 Å². The standard InChI is InChI=1S/C14H21N5O3/c1-10(20)15-8-14(21)19-7-6-11(9-19)22-13-5-4-12(16-17-13)18(2)3/h4-5,11H,6-9H2,1-3H3,(H,15,20). The molecule has 0 aliphatic carbocycles. The highest BCUT2D eigenvalue weighted by Crippen LogP contribution is 2.17. The Hall–Kier alpha value is -2.38. The van der Waals surface area contributed by atoms with Gasteiger partial charge >= 0.3 is 0 Å². The van der Waals surface area contributed by atoms with Crippen molar-refractivity contribution in [2.45, 2.75) is 19.4 Å². The van der Waals surface area contributed by atoms with E-state index in [0.29, 0.717) is 19.0 Å². The average Bonchev–Trinajstić information content (AvgIpc) is 2.94. The maximum Gasteiger partial charge on any atom is 0.242 e. The number of aromatic nitrogens is 2. The molecule has 22 heavy (non-hydrogen) atoms. The molecule has 1 N–H and O–H groups in total. The van der Waals surface area contributed by atoms with Crippen LogP contribution >= 0.6 is 0 Å². The molecular formula is C14H21N5O3. The fourth-order valence-electron chi connectivity index (χ4n) is 2.15. The fraction of sp³-hybridized carbons (Fsp3) is 0.571. The molecule has 1 aromatic rings. The Morgan fingerprint density at radius 2 is 2.18 bits per heavy atom. The summed E-state index contributed by atoms with van der Waals surface area (Å²) in [5.41, 5.74) is 0. The van der Waals surface area contributed by atoms with Crippen LogP contribution in [0.25, 0.3) is 0 Å². The van der Waals surface area contributed by atoms with Gasteiger partial charge in [0.25, 0.3) is 0 Å². The van der Waals surface area contributed by atoms with Gasteiger partial charge in [-0.1, -0.05) is 0 Å². The summed E-state index contributed by atoms with van der Waals surface area (Å²) in [4.78, 5) is 26.2. The predicted molar refractivity (Wildman–Crippen MR) is 80.7 cm³/mol. The van der Waals surface area contributed by atoms with Gasteiger partial charge in [0.2, 0.25) is 17.7 Å². The molecule has 0 radical (unpaired) electrons. The van der Waals surface area contributed by atoms with Crippen molar-refractivity contribution in [3.63, 3.8) is 0 Å². The molecular weight excluding hydrogens is 286 g/mol. The number of nitrogens with one attached hydrogen (secondary N) is 1. The van der Waals surface area contributed by atoms with Crippen molar-refractivity contribution >= 4 is 17.6 Å². The molecule has 8 heteroatoms. The van der Waals surface area contributed by atoms with E-state index in [4.69, 9.17) is 4.74 Å². The summed E-state index contributed by atoms with van der Waals surface area (Å²) in [6.45, 7) is 2.53. The van der Waals surface area contributed by atoms with E-state index in [1.807, 2.05) is 25.1 Å². The van der Waals surface area contributed by atoms with Crippen molar-refractivity contribution in [1.29, 1.82) is 0 Å². The minimum Gasteiger partial charge on any atom is -0.471 e. The molecule has 0 aromatic carbocycles. The minimum atomic E-state index is -0.211. The van der Waals surface area contributed by atoms with Crippen LogP contribution in [0, 0.1) is 0 Å². The van der Waals surface area contributed by atoms with Crippen molar-refractivity contribution in [2.24, 2.45) is 0 Å². The van der Waals surface area contributed by atoms with Gasteiger partial charge in [0.1, 0.15) is 6.10 Å². The van der Waals surface area contributed by atoms with Gasteiger partial charge in [0.15, 0.2) is 5.82 Å². The van der Waals surface area contributed by atoms with Crippen LogP contribution in [0.1, 0.15) is 13.3 Å². The lowest BCUT2D eigenvalue weighted by Gasteiger charge is -2.17. The van der Waals surface area contributed by atoms with Crippen molar-refractivity contribution in [3.8, 4) is 5.88 Å². The lowest BCUT2D eigenvalue weighted by molar-refractivity contribution is -0.131. The molecule has 0 bridgehead atoms. The monoisotopic (exact) mass is 307 g/mol. The molecule has 8 nitrogen and oxygen atoms in total. The number of anilines is 1. The zero-order chi connectivity index (χ0) is 16.1. The summed E-state index contributed by atoms with van der Waals surface area (Å²) in [6, 6.07) is 3.60. The molecule has 120 valence electrons. The Balaban J connectivity index is 1.83. The first-order valence-electron chi connectivity index (χ1n) is 7.15. The van der Waals surface area contributed by atoms with Gasteiger partial charge in [-0.15, -0.1) is 10.2 Å². The van der Waals surface area contributed by atoms with E-state index >= 15 is 0 Å². The molecule has 0 spiro atoms. The van der Waals surface area contributed by atoms with Crippen LogP contribution in [0.2, 0.25) is 0 Å². The van der Waals surface area contributed by atoms with E-state index < -0.39 is 0 Å². The van der Waals surface area contributed by atoms with Crippen molar-refractivity contribution in [3.05, 3.63) is 12.1 Å². The SMILES string of the molecule is CC(=O)NCC(=O)N1CCC(Oc2ccc(N(C)C)nn2)C1. The maximum absolute atomic E-state index is 11.9. The topological polar surface area (TPSA) is 87.7 Å². The highest BCUT2D eigenvalue weighted by molar-refractivity contribution is 5.83. The first kappa shape index (κ1) is 16.0. The Morgan fingerprint density at radius 3 is 2.77 bits per heavy atom. The first-order valence-corrected chi connectivity index (χ1v) is 7.15. The second-order valence-electron chi connectivity index (χ2n) is 5.40. The summed E-state index contributed by atoms with van der Waals surface area (Å²) < 4.78 is 5.74. The third-order valence-corrected chi connectivity index (χ3v) is 3.36. The van der Waals surface area contributed by atoms with Gasteiger partial charge in [-0.2, -0.15) is 0 Å². The zero-order valence-electron chi connectivity index (χ0n) is 13.1. The normalized spacial score (nSPS) is 17.2. The van der Waals surface area contributed by atoms with Gasteiger partial charge in [0, 0.05) is 40.1 Å². The smallest absolute Gasteiger partial charge is 0.242 e. The van der Waals surface area contributed by atoms with Crippen LogP contribution in [0.5, 0.6) is 5.88 Å². The van der Waals surface area contributed by atoms with E-state index in [0.717, 1.165) is 12.2 Å². The number of amides is 2. The molecule has 1 unspecified atom stereocenters. The zero-order valence-corrected chi connectivity index (χ0v) is 13.1. The summed E-state index contributed by atoms with van der Waals surface area (Å²) in [7, 11) is 3.78. The third kappa shape index (κ3) is 4.31. The number of ether oxygens (including phenoxy) is 1. The minimum absolute atomic E-state index is 0.0272. The largest absolute Gasteiger partial charge is 0.471 e. The third-order valence-electron chi connectivity index (χ3n) is 3.36. The summed E-state index contributed by atoms with van der Waals surface area (Å²) in [5.74, 6) is 0.893. The van der Waals surface area contributed by atoms with Crippen LogP contribution in [-0.2, 0) is 9.59 Å². The Morgan fingerprint density at radius 1 is 1.41 bits per heavy atom. The van der Waals surface area contributed by atoms with E-state index in [1.165, 1.54) is 6.92 Å². The van der Waals surface area contributed by atoms with E-state index in [-0.39, 0.29) is 24.5 Å². The molecule has 2 rings (SSSR count). The van der Waals surface area contributed by atoms with Crippen LogP contribution in [0.3, 0.4) is 0 Å². The second-order valence-corrected chi connectivity index (χ2v) is 5.40. The van der Waals surface area contributed by atoms with Gasteiger partial charge in [0.05, 0.1) is 13.1 Å². The molecule has 1 aliphatic rings. The molecule has 2 heterocycles. The molecule has 1 aliphatic heterocycles. The highest BCUT2D eigenvalue weighted by atomic mass is 16.5. The van der Waals surface area contributed by atoms with E-state index in [2.05, 4.69) is 15.5 Å². The number of carbonyl (C=O) groups is 2. The van der Waals surface area contributed by atoms with Crippen LogP contribution in [0.4, 0.5) is 5.82 Å². The first-order chi connectivity index (χ1) is 10.5. The number of hydrogen-bond donors (Lipinski definition) is 1. The number of hydrogen-bond acceptors (Lipinski definition) is 6. The van der Waals surface area contributed by atoms with E-state index in [1.54, 1.807) is 11.0 Å². The fourth-order valence-corrected chi connectivity index (χ4v) is 2.15. The number of carbonyl (C=O) groups excluding carboxylic acids is 2. The Bertz CT molecular complexity index is 532. The number of likely N-dealkylation sites (tertiary alicyclic amines) is 1. The number of nitrogens with zero attached hydrogens (tertiary/aromatic N) is 4. The van der Waals surface area contributed by atoms with Gasteiger partial charge < -0.3 is 19.9 Å². The molecule has 2 amide bonds. The van der Waals surface area contributed by atoms with Crippen molar-refractivity contribution < 1.29 is 14.3 Å². The molecule has 1 saturated heterocycles. The molecule has 1 fully saturated rings. The highest BCUT2D eigenvalue weighted by Gasteiger charge is 2.27. The van der Waals surface area contributed by atoms with Crippen LogP contribution in [-0.4, -0.2) is 66.7 Å². The quantitative estimate of drug-likeness (QED) is 0.800. The lowest BCUT2D eigenvalue weighted by atomic mass is 10.3. The van der Waals surface area contributed by atoms with Crippen molar-refractivity contribution in [1.82, 2.24) is 20.4 Å². The number of rotatable bonds is 5. The maximum atomic E-state index is 11.9. The van der Waals surface area contributed by atoms with Crippen LogP contribution < -0.4 is 15.0 Å². The Kier molecular flexibility index (Phi) is 5.13. The van der Waals surface area contributed by atoms with E-state index in [9.17, 15) is 9.59 Å². The summed E-state index contributed by atoms with van der Waals surface area (Å²) >= 11 is 0. The summed E-state index contributed by atoms with van der Waals surface area (Å²) in [5, 5.41) is 10.6. The molecule has 0 saturated carbocycles. The van der Waals surface area contributed by atoms with Gasteiger partial charge in [-0.05, 0) is 6.07 Å². The molecule has 1 atom stereocenters. The van der Waals surface area contributed by atoms with Gasteiger partial charge in [-0.25, -0.2) is 0 Å².